The molecule has 5 heteroatoms. The van der Waals surface area contributed by atoms with Crippen molar-refractivity contribution in [1.29, 1.82) is 0 Å². The Labute approximate surface area is 102 Å². The average Bonchev–Trinajstić information content (AvgIpc) is 2.77. The predicted molar refractivity (Wildman–Crippen MR) is 63.8 cm³/mol. The Morgan fingerprint density at radius 2 is 2.35 bits per heavy atom. The van der Waals surface area contributed by atoms with Crippen LogP contribution in [-0.2, 0) is 11.3 Å². The normalized spacial score (nSPS) is 32.0. The van der Waals surface area contributed by atoms with Crippen molar-refractivity contribution in [1.82, 2.24) is 20.3 Å². The molecule has 2 aliphatic rings. The van der Waals surface area contributed by atoms with Crippen molar-refractivity contribution in [2.45, 2.75) is 38.3 Å². The van der Waals surface area contributed by atoms with Crippen molar-refractivity contribution in [3.8, 4) is 0 Å². The van der Waals surface area contributed by atoms with Gasteiger partial charge in [-0.05, 0) is 25.8 Å². The molecule has 94 valence electrons. The maximum Gasteiger partial charge on any atom is 0.100 e. The van der Waals surface area contributed by atoms with Gasteiger partial charge in [0.2, 0.25) is 0 Å². The summed E-state index contributed by atoms with van der Waals surface area (Å²) in [4.78, 5) is 0. The predicted octanol–water partition coefficient (Wildman–Crippen LogP) is 1.08. The van der Waals surface area contributed by atoms with E-state index in [9.17, 15) is 0 Å². The summed E-state index contributed by atoms with van der Waals surface area (Å²) in [6, 6.07) is 0.573. The van der Waals surface area contributed by atoms with Crippen LogP contribution >= 0.6 is 0 Å². The second kappa shape index (κ2) is 4.38. The minimum absolute atomic E-state index is 0.487. The standard InChI is InChI=1S/C12H20N4O/c1-8-5-11(8)16-12(9-3-4-17-7-9)10(6-13-2)14-15-16/h8-9,11,13H,3-7H2,1-2H3. The highest BCUT2D eigenvalue weighted by Gasteiger charge is 2.39. The van der Waals surface area contributed by atoms with Crippen LogP contribution < -0.4 is 5.32 Å². The molecule has 1 saturated heterocycles. The molecule has 0 radical (unpaired) electrons. The summed E-state index contributed by atoms with van der Waals surface area (Å²) in [5.74, 6) is 1.24. The molecular weight excluding hydrogens is 216 g/mol. The molecule has 1 aromatic rings. The van der Waals surface area contributed by atoms with Gasteiger partial charge < -0.3 is 10.1 Å². The summed E-state index contributed by atoms with van der Waals surface area (Å²) in [7, 11) is 1.95. The molecule has 17 heavy (non-hydrogen) atoms. The zero-order chi connectivity index (χ0) is 11.8. The molecule has 1 saturated carbocycles. The minimum atomic E-state index is 0.487. The Hall–Kier alpha value is -0.940. The van der Waals surface area contributed by atoms with Crippen LogP contribution in [-0.4, -0.2) is 35.3 Å². The molecule has 3 unspecified atom stereocenters. The second-order valence-corrected chi connectivity index (χ2v) is 5.24. The van der Waals surface area contributed by atoms with E-state index in [0.717, 1.165) is 37.8 Å². The van der Waals surface area contributed by atoms with Crippen molar-refractivity contribution in [2.75, 3.05) is 20.3 Å². The van der Waals surface area contributed by atoms with Crippen LogP contribution in [0, 0.1) is 5.92 Å². The number of aromatic nitrogens is 3. The van der Waals surface area contributed by atoms with Crippen LogP contribution in [0.5, 0.6) is 0 Å². The summed E-state index contributed by atoms with van der Waals surface area (Å²) in [5, 5.41) is 11.9. The smallest absolute Gasteiger partial charge is 0.100 e. The van der Waals surface area contributed by atoms with Gasteiger partial charge in [-0.3, -0.25) is 0 Å². The Morgan fingerprint density at radius 3 is 2.94 bits per heavy atom. The SMILES string of the molecule is CNCc1nnn(C2CC2C)c1C1CCOC1. The van der Waals surface area contributed by atoms with Gasteiger partial charge in [-0.2, -0.15) is 0 Å². The lowest BCUT2D eigenvalue weighted by Crippen LogP contribution is -2.14. The number of ether oxygens (including phenoxy) is 1. The van der Waals surface area contributed by atoms with Crippen molar-refractivity contribution in [3.05, 3.63) is 11.4 Å². The molecule has 2 fully saturated rings. The third-order valence-electron chi connectivity index (χ3n) is 3.85. The lowest BCUT2D eigenvalue weighted by atomic mass is 10.0. The van der Waals surface area contributed by atoms with Gasteiger partial charge in [0.05, 0.1) is 18.3 Å². The molecule has 0 amide bonds. The molecule has 0 aromatic carbocycles. The number of nitrogens with zero attached hydrogens (tertiary/aromatic N) is 3. The van der Waals surface area contributed by atoms with E-state index in [4.69, 9.17) is 4.74 Å². The minimum Gasteiger partial charge on any atom is -0.381 e. The fraction of sp³-hybridized carbons (Fsp3) is 0.833. The van der Waals surface area contributed by atoms with Crippen LogP contribution in [0.15, 0.2) is 0 Å². The first kappa shape index (κ1) is 11.2. The number of nitrogens with one attached hydrogen (secondary N) is 1. The number of rotatable bonds is 4. The summed E-state index contributed by atoms with van der Waals surface area (Å²) in [6.45, 7) is 4.77. The third kappa shape index (κ3) is 1.98. The monoisotopic (exact) mass is 236 g/mol. The van der Waals surface area contributed by atoms with E-state index in [1.807, 2.05) is 7.05 Å². The maximum atomic E-state index is 5.51. The first-order chi connectivity index (χ1) is 8.31. The number of hydrogen-bond donors (Lipinski definition) is 1. The van der Waals surface area contributed by atoms with Crippen LogP contribution in [0.3, 0.4) is 0 Å². The largest absolute Gasteiger partial charge is 0.381 e. The van der Waals surface area contributed by atoms with Crippen LogP contribution in [0.1, 0.15) is 43.1 Å². The summed E-state index contributed by atoms with van der Waals surface area (Å²) in [5.41, 5.74) is 2.41. The zero-order valence-electron chi connectivity index (χ0n) is 10.5. The van der Waals surface area contributed by atoms with E-state index >= 15 is 0 Å². The highest BCUT2D eigenvalue weighted by atomic mass is 16.5. The van der Waals surface area contributed by atoms with E-state index in [1.54, 1.807) is 0 Å². The fourth-order valence-electron chi connectivity index (χ4n) is 2.69. The molecule has 1 aromatic heterocycles. The van der Waals surface area contributed by atoms with Crippen molar-refractivity contribution >= 4 is 0 Å². The van der Waals surface area contributed by atoms with Crippen LogP contribution in [0.2, 0.25) is 0 Å². The van der Waals surface area contributed by atoms with Gasteiger partial charge in [-0.25, -0.2) is 4.68 Å². The fourth-order valence-corrected chi connectivity index (χ4v) is 2.69. The Morgan fingerprint density at radius 1 is 1.53 bits per heavy atom. The molecule has 1 aliphatic carbocycles. The average molecular weight is 236 g/mol. The van der Waals surface area contributed by atoms with Gasteiger partial charge in [-0.1, -0.05) is 12.1 Å². The highest BCUT2D eigenvalue weighted by molar-refractivity contribution is 5.19. The van der Waals surface area contributed by atoms with Gasteiger partial charge in [0.25, 0.3) is 0 Å². The lowest BCUT2D eigenvalue weighted by molar-refractivity contribution is 0.193. The molecular formula is C12H20N4O. The van der Waals surface area contributed by atoms with E-state index in [1.165, 1.54) is 12.1 Å². The van der Waals surface area contributed by atoms with Crippen molar-refractivity contribution in [3.63, 3.8) is 0 Å². The van der Waals surface area contributed by atoms with Gasteiger partial charge >= 0.3 is 0 Å². The number of hydrogen-bond acceptors (Lipinski definition) is 4. The quantitative estimate of drug-likeness (QED) is 0.850. The van der Waals surface area contributed by atoms with E-state index in [-0.39, 0.29) is 0 Å². The van der Waals surface area contributed by atoms with Gasteiger partial charge in [0.1, 0.15) is 5.69 Å². The summed E-state index contributed by atoms with van der Waals surface area (Å²) < 4.78 is 7.67. The topological polar surface area (TPSA) is 52.0 Å². The molecule has 0 spiro atoms. The van der Waals surface area contributed by atoms with Crippen molar-refractivity contribution < 1.29 is 4.74 Å². The molecule has 2 heterocycles. The van der Waals surface area contributed by atoms with Crippen LogP contribution in [0.25, 0.3) is 0 Å². The second-order valence-electron chi connectivity index (χ2n) is 5.24. The van der Waals surface area contributed by atoms with E-state index in [2.05, 4.69) is 27.2 Å². The maximum absolute atomic E-state index is 5.51. The summed E-state index contributed by atoms with van der Waals surface area (Å²) >= 11 is 0. The molecule has 1 aliphatic heterocycles. The third-order valence-corrected chi connectivity index (χ3v) is 3.85. The zero-order valence-corrected chi connectivity index (χ0v) is 10.5. The van der Waals surface area contributed by atoms with Gasteiger partial charge in [0.15, 0.2) is 0 Å². The van der Waals surface area contributed by atoms with Gasteiger partial charge in [-0.15, -0.1) is 5.10 Å². The molecule has 5 nitrogen and oxygen atoms in total. The molecule has 3 rings (SSSR count). The Balaban J connectivity index is 1.91. The molecule has 1 N–H and O–H groups in total. The van der Waals surface area contributed by atoms with Crippen LogP contribution in [0.4, 0.5) is 0 Å². The molecule has 0 bridgehead atoms. The summed E-state index contributed by atoms with van der Waals surface area (Å²) in [6.07, 6.45) is 2.34. The lowest BCUT2D eigenvalue weighted by Gasteiger charge is -2.12. The van der Waals surface area contributed by atoms with Gasteiger partial charge in [0, 0.05) is 19.1 Å². The Kier molecular flexibility index (Phi) is 2.88. The van der Waals surface area contributed by atoms with E-state index < -0.39 is 0 Å². The van der Waals surface area contributed by atoms with E-state index in [0.29, 0.717) is 12.0 Å². The first-order valence-electron chi connectivity index (χ1n) is 6.47. The highest BCUT2D eigenvalue weighted by Crippen LogP contribution is 2.44. The van der Waals surface area contributed by atoms with Crippen molar-refractivity contribution in [2.24, 2.45) is 5.92 Å². The molecule has 3 atom stereocenters. The Bertz CT molecular complexity index is 397. The first-order valence-corrected chi connectivity index (χ1v) is 6.47.